The number of thioether (sulfide) groups is 1. The minimum atomic E-state index is -2.93. The van der Waals surface area contributed by atoms with Crippen LogP contribution in [0.2, 0.25) is 0 Å². The molecule has 0 fully saturated rings. The van der Waals surface area contributed by atoms with Crippen molar-refractivity contribution in [2.75, 3.05) is 17.8 Å². The predicted molar refractivity (Wildman–Crippen MR) is 61.5 cm³/mol. The van der Waals surface area contributed by atoms with Crippen LogP contribution in [0.15, 0.2) is 16.7 Å². The lowest BCUT2D eigenvalue weighted by molar-refractivity contribution is 0.0696. The van der Waals surface area contributed by atoms with Crippen LogP contribution in [0.1, 0.15) is 16.1 Å². The molecule has 1 rings (SSSR count). The van der Waals surface area contributed by atoms with Gasteiger partial charge in [0.15, 0.2) is 0 Å². The second kappa shape index (κ2) is 5.40. The van der Waals surface area contributed by atoms with Crippen LogP contribution in [0.3, 0.4) is 0 Å². The first kappa shape index (κ1) is 13.1. The molecule has 0 saturated heterocycles. The van der Waals surface area contributed by atoms with Crippen LogP contribution in [0.25, 0.3) is 0 Å². The number of hydrogen-bond acceptors (Lipinski definition) is 5. The Morgan fingerprint density at radius 3 is 2.75 bits per heavy atom. The van der Waals surface area contributed by atoms with Crippen molar-refractivity contribution in [2.45, 2.75) is 5.75 Å². The van der Waals surface area contributed by atoms with Gasteiger partial charge in [-0.2, -0.15) is 11.8 Å². The fourth-order valence-electron chi connectivity index (χ4n) is 0.952. The van der Waals surface area contributed by atoms with Crippen LogP contribution in [-0.2, 0) is 15.6 Å². The third-order valence-corrected chi connectivity index (χ3v) is 3.93. The Kier molecular flexibility index (Phi) is 4.43. The standard InChI is InChI=1S/C9H12O5S2/c1-16(12,13)3-2-15-6-8-4-7(5-14-8)9(10)11/h4-5H,2-3,6H2,1H3,(H,10,11). The first-order chi connectivity index (χ1) is 7.38. The maximum absolute atomic E-state index is 10.8. The van der Waals surface area contributed by atoms with E-state index in [0.717, 1.165) is 0 Å². The van der Waals surface area contributed by atoms with Gasteiger partial charge in [0, 0.05) is 12.0 Å². The van der Waals surface area contributed by atoms with Gasteiger partial charge in [-0.1, -0.05) is 0 Å². The van der Waals surface area contributed by atoms with Crippen molar-refractivity contribution in [2.24, 2.45) is 0 Å². The number of aromatic carboxylic acids is 1. The molecule has 0 radical (unpaired) electrons. The van der Waals surface area contributed by atoms with Crippen molar-refractivity contribution >= 4 is 27.6 Å². The van der Waals surface area contributed by atoms with Gasteiger partial charge >= 0.3 is 5.97 Å². The maximum Gasteiger partial charge on any atom is 0.338 e. The summed E-state index contributed by atoms with van der Waals surface area (Å²) in [5.74, 6) is 0.571. The van der Waals surface area contributed by atoms with Crippen molar-refractivity contribution < 1.29 is 22.7 Å². The summed E-state index contributed by atoms with van der Waals surface area (Å²) >= 11 is 1.39. The molecule has 0 aliphatic rings. The average Bonchev–Trinajstić information content (AvgIpc) is 2.59. The van der Waals surface area contributed by atoms with E-state index in [0.29, 0.717) is 17.3 Å². The Morgan fingerprint density at radius 2 is 2.25 bits per heavy atom. The van der Waals surface area contributed by atoms with Crippen molar-refractivity contribution in [1.29, 1.82) is 0 Å². The van der Waals surface area contributed by atoms with E-state index in [9.17, 15) is 13.2 Å². The number of sulfone groups is 1. The molecule has 1 N–H and O–H groups in total. The molecule has 7 heteroatoms. The SMILES string of the molecule is CS(=O)(=O)CCSCc1cc(C(=O)O)co1. The first-order valence-electron chi connectivity index (χ1n) is 4.44. The smallest absolute Gasteiger partial charge is 0.338 e. The number of carboxylic acids is 1. The molecule has 16 heavy (non-hydrogen) atoms. The third-order valence-electron chi connectivity index (χ3n) is 1.74. The zero-order valence-electron chi connectivity index (χ0n) is 8.67. The van der Waals surface area contributed by atoms with Gasteiger partial charge in [-0.05, 0) is 6.07 Å². The van der Waals surface area contributed by atoms with Gasteiger partial charge in [0.1, 0.15) is 21.9 Å². The predicted octanol–water partition coefficient (Wildman–Crippen LogP) is 1.26. The van der Waals surface area contributed by atoms with Crippen LogP contribution in [-0.4, -0.2) is 37.3 Å². The normalized spacial score (nSPS) is 11.6. The summed E-state index contributed by atoms with van der Waals surface area (Å²) in [6, 6.07) is 1.44. The number of rotatable bonds is 6. The average molecular weight is 264 g/mol. The Labute approximate surface area is 97.8 Å². The highest BCUT2D eigenvalue weighted by Crippen LogP contribution is 2.15. The van der Waals surface area contributed by atoms with E-state index < -0.39 is 15.8 Å². The molecule has 0 saturated carbocycles. The minimum Gasteiger partial charge on any atom is -0.478 e. The molecule has 90 valence electrons. The van der Waals surface area contributed by atoms with Gasteiger partial charge in [0.25, 0.3) is 0 Å². The van der Waals surface area contributed by atoms with Crippen molar-refractivity contribution in [1.82, 2.24) is 0 Å². The van der Waals surface area contributed by atoms with Gasteiger partial charge in [0.05, 0.1) is 17.1 Å². The summed E-state index contributed by atoms with van der Waals surface area (Å²) in [6.07, 6.45) is 2.36. The molecule has 1 heterocycles. The van der Waals surface area contributed by atoms with E-state index in [-0.39, 0.29) is 11.3 Å². The number of carboxylic acid groups (broad SMARTS) is 1. The lowest BCUT2D eigenvalue weighted by Crippen LogP contribution is -2.05. The maximum atomic E-state index is 10.8. The summed E-state index contributed by atoms with van der Waals surface area (Å²) in [5, 5.41) is 8.63. The molecular formula is C9H12O5S2. The number of carbonyl (C=O) groups is 1. The number of furan rings is 1. The van der Waals surface area contributed by atoms with Gasteiger partial charge in [-0.25, -0.2) is 13.2 Å². The van der Waals surface area contributed by atoms with Crippen molar-refractivity contribution in [3.63, 3.8) is 0 Å². The molecule has 0 amide bonds. The van der Waals surface area contributed by atoms with Crippen LogP contribution in [0.4, 0.5) is 0 Å². The van der Waals surface area contributed by atoms with Crippen molar-refractivity contribution in [3.8, 4) is 0 Å². The largest absolute Gasteiger partial charge is 0.478 e. The summed E-state index contributed by atoms with van der Waals surface area (Å²) in [4.78, 5) is 10.5. The topological polar surface area (TPSA) is 84.6 Å². The molecule has 0 aliphatic heterocycles. The molecule has 5 nitrogen and oxygen atoms in total. The van der Waals surface area contributed by atoms with Crippen LogP contribution in [0.5, 0.6) is 0 Å². The highest BCUT2D eigenvalue weighted by atomic mass is 32.2. The Hall–Kier alpha value is -0.950. The molecule has 0 unspecified atom stereocenters. The molecule has 1 aromatic heterocycles. The molecule has 0 atom stereocenters. The van der Waals surface area contributed by atoms with E-state index in [2.05, 4.69) is 0 Å². The van der Waals surface area contributed by atoms with Gasteiger partial charge < -0.3 is 9.52 Å². The zero-order chi connectivity index (χ0) is 12.2. The quantitative estimate of drug-likeness (QED) is 0.778. The lowest BCUT2D eigenvalue weighted by atomic mass is 10.3. The second-order valence-corrected chi connectivity index (χ2v) is 6.65. The van der Waals surface area contributed by atoms with E-state index in [1.807, 2.05) is 0 Å². The van der Waals surface area contributed by atoms with Crippen LogP contribution < -0.4 is 0 Å². The molecule has 0 aliphatic carbocycles. The van der Waals surface area contributed by atoms with Crippen molar-refractivity contribution in [3.05, 3.63) is 23.7 Å². The van der Waals surface area contributed by atoms with Gasteiger partial charge in [-0.3, -0.25) is 0 Å². The third kappa shape index (κ3) is 4.71. The fraction of sp³-hybridized carbons (Fsp3) is 0.444. The summed E-state index contributed by atoms with van der Waals surface area (Å²) < 4.78 is 26.7. The van der Waals surface area contributed by atoms with E-state index >= 15 is 0 Å². The van der Waals surface area contributed by atoms with Gasteiger partial charge in [-0.15, -0.1) is 0 Å². The zero-order valence-corrected chi connectivity index (χ0v) is 10.3. The first-order valence-corrected chi connectivity index (χ1v) is 7.66. The second-order valence-electron chi connectivity index (χ2n) is 3.29. The summed E-state index contributed by atoms with van der Waals surface area (Å²) in [6.45, 7) is 0. The Morgan fingerprint density at radius 1 is 1.56 bits per heavy atom. The highest BCUT2D eigenvalue weighted by molar-refractivity contribution is 7.99. The molecule has 0 spiro atoms. The Balaban J connectivity index is 2.35. The molecule has 0 bridgehead atoms. The lowest BCUT2D eigenvalue weighted by Gasteiger charge is -1.97. The summed E-state index contributed by atoms with van der Waals surface area (Å²) in [5.41, 5.74) is 0.110. The number of hydrogen-bond donors (Lipinski definition) is 1. The van der Waals surface area contributed by atoms with Gasteiger partial charge in [0.2, 0.25) is 0 Å². The molecule has 1 aromatic rings. The minimum absolute atomic E-state index is 0.110. The van der Waals surface area contributed by atoms with Crippen LogP contribution in [0, 0.1) is 0 Å². The molecule has 0 aromatic carbocycles. The molecular weight excluding hydrogens is 252 g/mol. The fourth-order valence-corrected chi connectivity index (χ4v) is 3.13. The monoisotopic (exact) mass is 264 g/mol. The summed E-state index contributed by atoms with van der Waals surface area (Å²) in [7, 11) is -2.93. The van der Waals surface area contributed by atoms with Crippen LogP contribution >= 0.6 is 11.8 Å². The Bertz CT molecular complexity index is 460. The van der Waals surface area contributed by atoms with E-state index in [1.54, 1.807) is 0 Å². The van der Waals surface area contributed by atoms with E-state index in [1.165, 1.54) is 30.3 Å². The highest BCUT2D eigenvalue weighted by Gasteiger charge is 2.08. The van der Waals surface area contributed by atoms with E-state index in [4.69, 9.17) is 9.52 Å².